The lowest BCUT2D eigenvalue weighted by Gasteiger charge is -2.43. The highest BCUT2D eigenvalue weighted by atomic mass is 16.9. The Bertz CT molecular complexity index is 1790. The predicted octanol–water partition coefficient (Wildman–Crippen LogP) is 7.75. The van der Waals surface area contributed by atoms with E-state index in [-0.39, 0.29) is 31.8 Å². The fourth-order valence-corrected chi connectivity index (χ4v) is 6.78. The van der Waals surface area contributed by atoms with Gasteiger partial charge in [-0.15, -0.1) is 10.1 Å². The maximum Gasteiger partial charge on any atom is 0.409 e. The van der Waals surface area contributed by atoms with Crippen LogP contribution in [-0.4, -0.2) is 88.6 Å². The zero-order valence-corrected chi connectivity index (χ0v) is 31.9. The zero-order chi connectivity index (χ0) is 38.8. The van der Waals surface area contributed by atoms with Crippen molar-refractivity contribution < 1.29 is 47.9 Å². The first-order valence-corrected chi connectivity index (χ1v) is 18.8. The van der Waals surface area contributed by atoms with Crippen molar-refractivity contribution in [3.63, 3.8) is 0 Å². The molecule has 0 bridgehead atoms. The van der Waals surface area contributed by atoms with Crippen LogP contribution in [0.2, 0.25) is 0 Å². The van der Waals surface area contributed by atoms with E-state index in [4.69, 9.17) is 33.2 Å². The van der Waals surface area contributed by atoms with Crippen molar-refractivity contribution in [2.45, 2.75) is 63.9 Å². The maximum absolute atomic E-state index is 13.4. The first kappa shape index (κ1) is 41.1. The number of carbonyl (C=O) groups excluding carboxylic acids is 1. The van der Waals surface area contributed by atoms with E-state index in [2.05, 4.69) is 10.9 Å². The molecular formula is C42H52N2O11. The van der Waals surface area contributed by atoms with E-state index in [0.717, 1.165) is 51.1 Å². The van der Waals surface area contributed by atoms with Crippen molar-refractivity contribution in [3.05, 3.63) is 112 Å². The Hall–Kier alpha value is -5.11. The Morgan fingerprint density at radius 3 is 2.27 bits per heavy atom. The lowest BCUT2D eigenvalue weighted by Crippen LogP contribution is -2.54. The summed E-state index contributed by atoms with van der Waals surface area (Å²) in [4.78, 5) is 29.7. The first-order valence-electron chi connectivity index (χ1n) is 18.8. The number of piperidine rings is 1. The van der Waals surface area contributed by atoms with E-state index in [0.29, 0.717) is 58.8 Å². The van der Waals surface area contributed by atoms with Gasteiger partial charge < -0.3 is 42.9 Å². The van der Waals surface area contributed by atoms with Crippen molar-refractivity contribution in [1.82, 2.24) is 4.90 Å². The number of benzene rings is 4. The van der Waals surface area contributed by atoms with Crippen LogP contribution in [0.15, 0.2) is 84.9 Å². The first-order chi connectivity index (χ1) is 26.9. The van der Waals surface area contributed by atoms with Crippen molar-refractivity contribution in [3.8, 4) is 17.2 Å². The highest BCUT2D eigenvalue weighted by Gasteiger charge is 2.41. The number of nitrogens with zero attached hydrogens (tertiary/aromatic N) is 2. The van der Waals surface area contributed by atoms with E-state index in [1.807, 2.05) is 85.8 Å². The summed E-state index contributed by atoms with van der Waals surface area (Å²) in [7, 11) is 3.31. The van der Waals surface area contributed by atoms with E-state index < -0.39 is 17.3 Å². The van der Waals surface area contributed by atoms with Gasteiger partial charge in [0.15, 0.2) is 0 Å². The minimum Gasteiger partial charge on any atom is -0.496 e. The molecule has 1 amide bonds. The number of carbonyl (C=O) groups is 1. The average Bonchev–Trinajstić information content (AvgIpc) is 3.20. The third kappa shape index (κ3) is 12.2. The fraction of sp³-hybridized carbons (Fsp3) is 0.452. The molecule has 3 unspecified atom stereocenters. The summed E-state index contributed by atoms with van der Waals surface area (Å²) < 4.78 is 41.6. The molecule has 1 aliphatic heterocycles. The number of methoxy groups -OCH3 is 2. The van der Waals surface area contributed by atoms with Crippen molar-refractivity contribution in [2.24, 2.45) is 0 Å². The third-order valence-electron chi connectivity index (χ3n) is 9.44. The molecule has 296 valence electrons. The molecule has 0 spiro atoms. The summed E-state index contributed by atoms with van der Waals surface area (Å²) in [6, 6.07) is 27.9. The molecule has 55 heavy (non-hydrogen) atoms. The van der Waals surface area contributed by atoms with Crippen LogP contribution >= 0.6 is 0 Å². The molecule has 0 aromatic heterocycles. The molecule has 4 aromatic rings. The number of hydrogen-bond acceptors (Lipinski definition) is 11. The van der Waals surface area contributed by atoms with E-state index in [9.17, 15) is 14.9 Å². The van der Waals surface area contributed by atoms with Gasteiger partial charge >= 0.3 is 6.09 Å². The number of hydrogen-bond donors (Lipinski definition) is 0. The lowest BCUT2D eigenvalue weighted by atomic mass is 9.84. The van der Waals surface area contributed by atoms with Crippen LogP contribution < -0.4 is 14.2 Å². The molecule has 0 aliphatic carbocycles. The number of ether oxygens (including phenoxy) is 7. The van der Waals surface area contributed by atoms with Gasteiger partial charge in [0.05, 0.1) is 79.2 Å². The molecule has 1 aliphatic rings. The second-order valence-electron chi connectivity index (χ2n) is 13.2. The van der Waals surface area contributed by atoms with Crippen molar-refractivity contribution in [2.75, 3.05) is 60.3 Å². The van der Waals surface area contributed by atoms with Gasteiger partial charge in [-0.25, -0.2) is 4.79 Å². The SMILES string of the molecule is CCOC1CN(C(=O)OCCCCCO[N+](=O)[O-])CC(OCc2cc(OC)c3ccccc3c2)C1c1ccc(OCCCOCc2ccccc2OC)cc1. The van der Waals surface area contributed by atoms with Crippen molar-refractivity contribution >= 4 is 16.9 Å². The quantitative estimate of drug-likeness (QED) is 0.0442. The molecule has 1 fully saturated rings. The van der Waals surface area contributed by atoms with E-state index in [1.54, 1.807) is 19.1 Å². The molecule has 5 rings (SSSR count). The summed E-state index contributed by atoms with van der Waals surface area (Å²) in [5.74, 6) is 2.13. The lowest BCUT2D eigenvalue weighted by molar-refractivity contribution is -0.757. The molecular weight excluding hydrogens is 708 g/mol. The van der Waals surface area contributed by atoms with Gasteiger partial charge in [0.2, 0.25) is 0 Å². The Kier molecular flexibility index (Phi) is 16.2. The highest BCUT2D eigenvalue weighted by molar-refractivity contribution is 5.89. The Morgan fingerprint density at radius 1 is 0.782 bits per heavy atom. The van der Waals surface area contributed by atoms with Gasteiger partial charge in [0.1, 0.15) is 17.2 Å². The third-order valence-corrected chi connectivity index (χ3v) is 9.44. The molecule has 0 N–H and O–H groups in total. The van der Waals surface area contributed by atoms with Gasteiger partial charge in [-0.05, 0) is 73.0 Å². The fourth-order valence-electron chi connectivity index (χ4n) is 6.78. The zero-order valence-electron chi connectivity index (χ0n) is 31.9. The summed E-state index contributed by atoms with van der Waals surface area (Å²) in [6.45, 7) is 5.01. The van der Waals surface area contributed by atoms with Crippen LogP contribution in [0.4, 0.5) is 4.79 Å². The summed E-state index contributed by atoms with van der Waals surface area (Å²) in [5.41, 5.74) is 2.96. The summed E-state index contributed by atoms with van der Waals surface area (Å²) >= 11 is 0. The van der Waals surface area contributed by atoms with Crippen molar-refractivity contribution in [1.29, 1.82) is 0 Å². The molecule has 0 saturated carbocycles. The topological polar surface area (TPSA) is 137 Å². The van der Waals surface area contributed by atoms with Gasteiger partial charge in [0.25, 0.3) is 5.09 Å². The van der Waals surface area contributed by atoms with Gasteiger partial charge in [-0.2, -0.15) is 0 Å². The largest absolute Gasteiger partial charge is 0.496 e. The molecule has 1 saturated heterocycles. The number of likely N-dealkylation sites (tertiary alicyclic amines) is 1. The number of fused-ring (bicyclic) bond motifs is 1. The van der Waals surface area contributed by atoms with E-state index in [1.165, 1.54) is 0 Å². The Balaban J connectivity index is 1.23. The summed E-state index contributed by atoms with van der Waals surface area (Å²) in [6.07, 6.45) is 1.16. The van der Waals surface area contributed by atoms with Gasteiger partial charge in [0, 0.05) is 29.9 Å². The van der Waals surface area contributed by atoms with Crippen LogP contribution in [0, 0.1) is 10.1 Å². The van der Waals surface area contributed by atoms with Crippen LogP contribution in [0.25, 0.3) is 10.8 Å². The second kappa shape index (κ2) is 21.7. The Labute approximate surface area is 322 Å². The molecule has 4 aromatic carbocycles. The van der Waals surface area contributed by atoms with E-state index >= 15 is 0 Å². The minimum atomic E-state index is -0.806. The molecule has 13 nitrogen and oxygen atoms in total. The smallest absolute Gasteiger partial charge is 0.409 e. The van der Waals surface area contributed by atoms with Crippen LogP contribution in [-0.2, 0) is 37.0 Å². The molecule has 1 heterocycles. The van der Waals surface area contributed by atoms with Crippen LogP contribution in [0.1, 0.15) is 55.2 Å². The highest BCUT2D eigenvalue weighted by Crippen LogP contribution is 2.35. The van der Waals surface area contributed by atoms with Crippen LogP contribution in [0.3, 0.4) is 0 Å². The molecule has 0 radical (unpaired) electrons. The number of unbranched alkanes of at least 4 members (excludes halogenated alkanes) is 2. The minimum absolute atomic E-state index is 0.0141. The summed E-state index contributed by atoms with van der Waals surface area (Å²) in [5, 5.41) is 11.6. The number of amides is 1. The van der Waals surface area contributed by atoms with Gasteiger partial charge in [-0.3, -0.25) is 0 Å². The number of para-hydroxylation sites is 1. The maximum atomic E-state index is 13.4. The standard InChI is InChI=1S/C42H52N2O11/c1-4-51-39-27-43(42(45)53-22-10-5-11-24-55-44(46)47)28-40(54-29-31-25-33-13-6-8-15-36(33)38(26-31)49-3)41(39)32-17-19-35(20-18-32)52-23-12-21-50-30-34-14-7-9-16-37(34)48-2/h6-9,13-20,25-26,39-41H,4-5,10-12,21-24,27-30H2,1-3H3. The second-order valence-corrected chi connectivity index (χ2v) is 13.2. The van der Waals surface area contributed by atoms with Crippen LogP contribution in [0.5, 0.6) is 17.2 Å². The number of rotatable bonds is 22. The average molecular weight is 761 g/mol. The monoisotopic (exact) mass is 760 g/mol. The predicted molar refractivity (Wildman–Crippen MR) is 206 cm³/mol. The molecule has 13 heteroatoms. The van der Waals surface area contributed by atoms with Gasteiger partial charge in [-0.1, -0.05) is 54.6 Å². The normalized spacial score (nSPS) is 16.8. The molecule has 3 atom stereocenters. The Morgan fingerprint density at radius 2 is 1.51 bits per heavy atom.